The first-order valence-electron chi connectivity index (χ1n) is 13.7. The quantitative estimate of drug-likeness (QED) is 0.140. The van der Waals surface area contributed by atoms with E-state index in [1.807, 2.05) is 0 Å². The standard InChI is InChI=1S/C34H42O3/c1-5-7-8-10-26-12-19-33(27(6-2)23-26)30-16-13-29(14-17-30)31-18-15-28(11-9-21-35)32(24-31)20-22-37-34(36)25(3)4/h12-19,23-24,35H,3,5-11,20-22H2,1-2,4H3. The molecule has 0 aliphatic rings. The highest BCUT2D eigenvalue weighted by Crippen LogP contribution is 2.30. The smallest absolute Gasteiger partial charge is 0.333 e. The number of aryl methyl sites for hydroxylation is 3. The van der Waals surface area contributed by atoms with Gasteiger partial charge in [-0.1, -0.05) is 93.9 Å². The summed E-state index contributed by atoms with van der Waals surface area (Å²) >= 11 is 0. The molecule has 0 aliphatic heterocycles. The van der Waals surface area contributed by atoms with Crippen molar-refractivity contribution in [1.82, 2.24) is 0 Å². The van der Waals surface area contributed by atoms with E-state index >= 15 is 0 Å². The van der Waals surface area contributed by atoms with Gasteiger partial charge in [-0.25, -0.2) is 4.79 Å². The molecule has 0 fully saturated rings. The Labute approximate surface area is 223 Å². The Morgan fingerprint density at radius 3 is 2.19 bits per heavy atom. The number of benzene rings is 3. The van der Waals surface area contributed by atoms with Crippen LogP contribution >= 0.6 is 0 Å². The van der Waals surface area contributed by atoms with Gasteiger partial charge in [0.25, 0.3) is 0 Å². The third kappa shape index (κ3) is 8.16. The van der Waals surface area contributed by atoms with E-state index in [9.17, 15) is 9.90 Å². The summed E-state index contributed by atoms with van der Waals surface area (Å²) in [6, 6.07) is 22.3. The van der Waals surface area contributed by atoms with Crippen molar-refractivity contribution < 1.29 is 14.6 Å². The first-order chi connectivity index (χ1) is 18.0. The third-order valence-corrected chi connectivity index (χ3v) is 6.91. The minimum atomic E-state index is -0.357. The van der Waals surface area contributed by atoms with Gasteiger partial charge >= 0.3 is 5.97 Å². The number of ether oxygens (including phenoxy) is 1. The lowest BCUT2D eigenvalue weighted by atomic mass is 9.92. The van der Waals surface area contributed by atoms with Crippen molar-refractivity contribution in [2.45, 2.75) is 72.1 Å². The number of esters is 1. The van der Waals surface area contributed by atoms with Gasteiger partial charge in [0.05, 0.1) is 6.61 Å². The van der Waals surface area contributed by atoms with Crippen molar-refractivity contribution in [1.29, 1.82) is 0 Å². The van der Waals surface area contributed by atoms with Gasteiger partial charge in [-0.15, -0.1) is 0 Å². The molecule has 0 unspecified atom stereocenters. The lowest BCUT2D eigenvalue weighted by molar-refractivity contribution is -0.138. The summed E-state index contributed by atoms with van der Waals surface area (Å²) in [7, 11) is 0. The van der Waals surface area contributed by atoms with E-state index in [-0.39, 0.29) is 12.6 Å². The monoisotopic (exact) mass is 498 g/mol. The fraction of sp³-hybridized carbons (Fsp3) is 0.382. The van der Waals surface area contributed by atoms with Crippen LogP contribution in [0.15, 0.2) is 72.8 Å². The van der Waals surface area contributed by atoms with E-state index in [2.05, 4.69) is 81.1 Å². The van der Waals surface area contributed by atoms with Crippen LogP contribution in [-0.4, -0.2) is 24.3 Å². The highest BCUT2D eigenvalue weighted by Gasteiger charge is 2.10. The largest absolute Gasteiger partial charge is 0.462 e. The molecule has 0 spiro atoms. The molecule has 0 aliphatic carbocycles. The molecule has 3 aromatic rings. The van der Waals surface area contributed by atoms with Crippen LogP contribution in [0.25, 0.3) is 22.3 Å². The van der Waals surface area contributed by atoms with E-state index in [4.69, 9.17) is 4.74 Å². The molecule has 0 amide bonds. The zero-order valence-corrected chi connectivity index (χ0v) is 22.8. The Morgan fingerprint density at radius 1 is 0.784 bits per heavy atom. The van der Waals surface area contributed by atoms with Crippen LogP contribution in [0.3, 0.4) is 0 Å². The predicted octanol–water partition coefficient (Wildman–Crippen LogP) is 7.90. The summed E-state index contributed by atoms with van der Waals surface area (Å²) in [5.74, 6) is -0.357. The van der Waals surface area contributed by atoms with E-state index < -0.39 is 0 Å². The SMILES string of the molecule is C=C(C)C(=O)OCCc1cc(-c2ccc(-c3ccc(CCCCC)cc3CC)cc2)ccc1CCCO. The second kappa shape index (κ2) is 14.5. The van der Waals surface area contributed by atoms with Crippen LogP contribution in [0.4, 0.5) is 0 Å². The van der Waals surface area contributed by atoms with Gasteiger partial charge in [-0.2, -0.15) is 0 Å². The van der Waals surface area contributed by atoms with Crippen LogP contribution in [0, 0.1) is 0 Å². The van der Waals surface area contributed by atoms with Crippen molar-refractivity contribution >= 4 is 5.97 Å². The average Bonchev–Trinajstić information content (AvgIpc) is 2.92. The molecule has 3 nitrogen and oxygen atoms in total. The normalized spacial score (nSPS) is 10.9. The Bertz CT molecular complexity index is 1170. The minimum Gasteiger partial charge on any atom is -0.462 e. The number of hydrogen-bond donors (Lipinski definition) is 1. The Kier molecular flexibility index (Phi) is 11.2. The van der Waals surface area contributed by atoms with Gasteiger partial charge in [0.15, 0.2) is 0 Å². The van der Waals surface area contributed by atoms with E-state index in [0.717, 1.165) is 36.0 Å². The maximum Gasteiger partial charge on any atom is 0.333 e. The number of rotatable bonds is 14. The first-order valence-corrected chi connectivity index (χ1v) is 13.7. The fourth-order valence-electron chi connectivity index (χ4n) is 4.73. The number of carbonyl (C=O) groups excluding carboxylic acids is 1. The number of carbonyl (C=O) groups is 1. The van der Waals surface area contributed by atoms with Gasteiger partial charge in [0.2, 0.25) is 0 Å². The molecular formula is C34H42O3. The molecular weight excluding hydrogens is 456 g/mol. The van der Waals surface area contributed by atoms with E-state index in [0.29, 0.717) is 25.0 Å². The summed E-state index contributed by atoms with van der Waals surface area (Å²) in [4.78, 5) is 11.8. The summed E-state index contributed by atoms with van der Waals surface area (Å²) in [6.07, 6.45) is 8.11. The zero-order chi connectivity index (χ0) is 26.6. The topological polar surface area (TPSA) is 46.5 Å². The Balaban J connectivity index is 1.80. The molecule has 0 aromatic heterocycles. The van der Waals surface area contributed by atoms with E-state index in [1.54, 1.807) is 6.92 Å². The molecule has 0 atom stereocenters. The average molecular weight is 499 g/mol. The summed E-state index contributed by atoms with van der Waals surface area (Å²) in [5.41, 5.74) is 10.4. The van der Waals surface area contributed by atoms with Gasteiger partial charge in [0, 0.05) is 18.6 Å². The third-order valence-electron chi connectivity index (χ3n) is 6.91. The highest BCUT2D eigenvalue weighted by molar-refractivity contribution is 5.86. The molecule has 1 N–H and O–H groups in total. The number of hydrogen-bond acceptors (Lipinski definition) is 3. The van der Waals surface area contributed by atoms with Gasteiger partial charge < -0.3 is 9.84 Å². The predicted molar refractivity (Wildman–Crippen MR) is 155 cm³/mol. The van der Waals surface area contributed by atoms with Crippen molar-refractivity contribution in [3.8, 4) is 22.3 Å². The maximum absolute atomic E-state index is 11.8. The summed E-state index contributed by atoms with van der Waals surface area (Å²) < 4.78 is 5.35. The minimum absolute atomic E-state index is 0.159. The molecule has 0 heterocycles. The first kappa shape index (κ1) is 28.4. The second-order valence-electron chi connectivity index (χ2n) is 9.86. The van der Waals surface area contributed by atoms with E-state index in [1.165, 1.54) is 47.1 Å². The number of aliphatic hydroxyl groups is 1. The molecule has 196 valence electrons. The van der Waals surface area contributed by atoms with Crippen LogP contribution in [0.2, 0.25) is 0 Å². The van der Waals surface area contributed by atoms with Crippen LogP contribution in [0.1, 0.15) is 68.7 Å². The second-order valence-corrected chi connectivity index (χ2v) is 9.86. The lowest BCUT2D eigenvalue weighted by Crippen LogP contribution is -2.09. The molecule has 3 rings (SSSR count). The van der Waals surface area contributed by atoms with Crippen molar-refractivity contribution in [3.63, 3.8) is 0 Å². The van der Waals surface area contributed by atoms with Crippen LogP contribution in [0.5, 0.6) is 0 Å². The van der Waals surface area contributed by atoms with Gasteiger partial charge in [-0.05, 0) is 83.5 Å². The zero-order valence-electron chi connectivity index (χ0n) is 22.8. The molecule has 37 heavy (non-hydrogen) atoms. The molecule has 3 aromatic carbocycles. The molecule has 0 saturated heterocycles. The van der Waals surface area contributed by atoms with Crippen molar-refractivity contribution in [3.05, 3.63) is 95.1 Å². The fourth-order valence-corrected chi connectivity index (χ4v) is 4.73. The van der Waals surface area contributed by atoms with Crippen molar-refractivity contribution in [2.75, 3.05) is 13.2 Å². The number of aliphatic hydroxyl groups excluding tert-OH is 1. The van der Waals surface area contributed by atoms with Gasteiger partial charge in [-0.3, -0.25) is 0 Å². The highest BCUT2D eigenvalue weighted by atomic mass is 16.5. The van der Waals surface area contributed by atoms with Crippen LogP contribution < -0.4 is 0 Å². The summed E-state index contributed by atoms with van der Waals surface area (Å²) in [6.45, 7) is 10.3. The lowest BCUT2D eigenvalue weighted by Gasteiger charge is -2.14. The molecule has 0 bridgehead atoms. The van der Waals surface area contributed by atoms with Crippen molar-refractivity contribution in [2.24, 2.45) is 0 Å². The molecule has 0 saturated carbocycles. The summed E-state index contributed by atoms with van der Waals surface area (Å²) in [5, 5.41) is 9.30. The van der Waals surface area contributed by atoms with Crippen LogP contribution in [-0.2, 0) is 35.2 Å². The molecule has 0 radical (unpaired) electrons. The van der Waals surface area contributed by atoms with Gasteiger partial charge in [0.1, 0.15) is 0 Å². The Morgan fingerprint density at radius 2 is 1.51 bits per heavy atom. The molecule has 3 heteroatoms. The Hall–Kier alpha value is -3.17. The number of unbranched alkanes of at least 4 members (excludes halogenated alkanes) is 2. The maximum atomic E-state index is 11.8.